The number of aliphatic hydroxyl groups is 1. The fourth-order valence-corrected chi connectivity index (χ4v) is 3.06. The van der Waals surface area contributed by atoms with Gasteiger partial charge in [0, 0.05) is 5.41 Å². The molecule has 0 unspecified atom stereocenters. The lowest BCUT2D eigenvalue weighted by molar-refractivity contribution is -0.180. The number of hydrogen-bond acceptors (Lipinski definition) is 2. The second-order valence-corrected chi connectivity index (χ2v) is 6.39. The number of aryl methyl sites for hydroxylation is 1. The summed E-state index contributed by atoms with van der Waals surface area (Å²) in [6.45, 7) is 4.70. The van der Waals surface area contributed by atoms with Crippen molar-refractivity contribution in [1.29, 1.82) is 0 Å². The molecule has 1 aliphatic rings. The summed E-state index contributed by atoms with van der Waals surface area (Å²) < 4.78 is 5.89. The Kier molecular flexibility index (Phi) is 3.50. The van der Waals surface area contributed by atoms with Gasteiger partial charge in [-0.05, 0) is 37.5 Å². The van der Waals surface area contributed by atoms with E-state index in [4.69, 9.17) is 4.74 Å². The Morgan fingerprint density at radius 2 is 1.67 bits per heavy atom. The molecule has 1 N–H and O–H groups in total. The summed E-state index contributed by atoms with van der Waals surface area (Å²) in [7, 11) is 0. The highest BCUT2D eigenvalue weighted by molar-refractivity contribution is 5.32. The van der Waals surface area contributed by atoms with Crippen molar-refractivity contribution in [3.8, 4) is 5.75 Å². The van der Waals surface area contributed by atoms with Crippen molar-refractivity contribution >= 4 is 0 Å². The molecule has 1 aliphatic carbocycles. The lowest BCUT2D eigenvalue weighted by atomic mass is 9.55. The van der Waals surface area contributed by atoms with Gasteiger partial charge in [0.05, 0.1) is 12.2 Å². The molecule has 2 nitrogen and oxygen atoms in total. The fourth-order valence-electron chi connectivity index (χ4n) is 3.06. The minimum absolute atomic E-state index is 0.238. The molecule has 0 saturated heterocycles. The molecule has 2 heteroatoms. The van der Waals surface area contributed by atoms with Gasteiger partial charge in [0.2, 0.25) is 0 Å². The third kappa shape index (κ3) is 2.44. The van der Waals surface area contributed by atoms with Crippen LogP contribution in [0.1, 0.15) is 30.9 Å². The molecule has 2 aromatic rings. The van der Waals surface area contributed by atoms with Crippen LogP contribution in [0.15, 0.2) is 54.6 Å². The summed E-state index contributed by atoms with van der Waals surface area (Å²) in [5.41, 5.74) is 1.19. The molecule has 1 fully saturated rings. The Hall–Kier alpha value is -1.80. The lowest BCUT2D eigenvalue weighted by Gasteiger charge is -2.54. The van der Waals surface area contributed by atoms with Gasteiger partial charge in [-0.1, -0.05) is 55.0 Å². The Balaban J connectivity index is 1.76. The van der Waals surface area contributed by atoms with E-state index in [1.165, 1.54) is 5.56 Å². The normalized spacial score (nSPS) is 28.0. The van der Waals surface area contributed by atoms with E-state index in [2.05, 4.69) is 26.0 Å². The van der Waals surface area contributed by atoms with Gasteiger partial charge in [0.1, 0.15) is 5.75 Å². The molecule has 0 aliphatic heterocycles. The highest BCUT2D eigenvalue weighted by Crippen LogP contribution is 2.56. The molecule has 2 atom stereocenters. The monoisotopic (exact) mass is 282 g/mol. The minimum atomic E-state index is -0.782. The zero-order valence-corrected chi connectivity index (χ0v) is 12.7. The molecule has 0 radical (unpaired) electrons. The SMILES string of the molecule is Cc1ccc([C@@]2(O)CC[C@@]2(C)COc2ccccc2)cc1. The van der Waals surface area contributed by atoms with Crippen LogP contribution in [0.5, 0.6) is 5.75 Å². The highest BCUT2D eigenvalue weighted by atomic mass is 16.5. The van der Waals surface area contributed by atoms with Crippen LogP contribution in [-0.2, 0) is 5.60 Å². The van der Waals surface area contributed by atoms with E-state index in [1.54, 1.807) is 0 Å². The smallest absolute Gasteiger partial charge is 0.119 e. The van der Waals surface area contributed by atoms with Crippen molar-refractivity contribution < 1.29 is 9.84 Å². The molecule has 2 aromatic carbocycles. The molecular formula is C19H22O2. The van der Waals surface area contributed by atoms with E-state index in [0.29, 0.717) is 6.61 Å². The van der Waals surface area contributed by atoms with Gasteiger partial charge in [0.25, 0.3) is 0 Å². The highest BCUT2D eigenvalue weighted by Gasteiger charge is 2.56. The molecule has 3 rings (SSSR count). The topological polar surface area (TPSA) is 29.5 Å². The van der Waals surface area contributed by atoms with Gasteiger partial charge in [-0.15, -0.1) is 0 Å². The van der Waals surface area contributed by atoms with Crippen LogP contribution in [0, 0.1) is 12.3 Å². The van der Waals surface area contributed by atoms with E-state index in [9.17, 15) is 5.11 Å². The predicted molar refractivity (Wildman–Crippen MR) is 84.4 cm³/mol. The average molecular weight is 282 g/mol. The molecule has 0 spiro atoms. The van der Waals surface area contributed by atoms with E-state index in [-0.39, 0.29) is 5.41 Å². The number of para-hydroxylation sites is 1. The summed E-state index contributed by atoms with van der Waals surface area (Å²) >= 11 is 0. The van der Waals surface area contributed by atoms with Crippen molar-refractivity contribution in [1.82, 2.24) is 0 Å². The molecule has 21 heavy (non-hydrogen) atoms. The van der Waals surface area contributed by atoms with Gasteiger partial charge in [-0.3, -0.25) is 0 Å². The molecule has 0 heterocycles. The van der Waals surface area contributed by atoms with Gasteiger partial charge < -0.3 is 9.84 Å². The zero-order chi connectivity index (χ0) is 14.9. The van der Waals surface area contributed by atoms with Crippen LogP contribution < -0.4 is 4.74 Å². The van der Waals surface area contributed by atoms with Crippen molar-refractivity contribution in [3.63, 3.8) is 0 Å². The van der Waals surface area contributed by atoms with Crippen LogP contribution >= 0.6 is 0 Å². The first-order chi connectivity index (χ1) is 10.0. The minimum Gasteiger partial charge on any atom is -0.493 e. The average Bonchev–Trinajstić information content (AvgIpc) is 2.52. The van der Waals surface area contributed by atoms with Crippen molar-refractivity contribution in [3.05, 3.63) is 65.7 Å². The van der Waals surface area contributed by atoms with Gasteiger partial charge in [0.15, 0.2) is 0 Å². The van der Waals surface area contributed by atoms with Gasteiger partial charge in [-0.25, -0.2) is 0 Å². The lowest BCUT2D eigenvalue weighted by Crippen LogP contribution is -2.56. The molecule has 110 valence electrons. The molecular weight excluding hydrogens is 260 g/mol. The number of hydrogen-bond donors (Lipinski definition) is 1. The van der Waals surface area contributed by atoms with Crippen LogP contribution in [0.4, 0.5) is 0 Å². The van der Waals surface area contributed by atoms with Crippen LogP contribution in [0.2, 0.25) is 0 Å². The predicted octanol–water partition coefficient (Wildman–Crippen LogP) is 4.06. The number of rotatable bonds is 4. The van der Waals surface area contributed by atoms with Crippen molar-refractivity contribution in [2.45, 2.75) is 32.3 Å². The first-order valence-corrected chi connectivity index (χ1v) is 7.51. The Morgan fingerprint density at radius 1 is 1.00 bits per heavy atom. The van der Waals surface area contributed by atoms with Crippen LogP contribution in [0.25, 0.3) is 0 Å². The van der Waals surface area contributed by atoms with Crippen LogP contribution in [0.3, 0.4) is 0 Å². The van der Waals surface area contributed by atoms with Gasteiger partial charge in [-0.2, -0.15) is 0 Å². The Bertz CT molecular complexity index is 605. The van der Waals surface area contributed by atoms with Crippen molar-refractivity contribution in [2.75, 3.05) is 6.61 Å². The second-order valence-electron chi connectivity index (χ2n) is 6.39. The summed E-state index contributed by atoms with van der Waals surface area (Å²) in [6.07, 6.45) is 1.77. The summed E-state index contributed by atoms with van der Waals surface area (Å²) in [5.74, 6) is 0.858. The standard InChI is InChI=1S/C19H22O2/c1-15-8-10-16(11-9-15)19(20)13-12-18(19,2)14-21-17-6-4-3-5-7-17/h3-11,20H,12-14H2,1-2H3/t18-,19-/m0/s1. The third-order valence-electron chi connectivity index (χ3n) is 4.87. The van der Waals surface area contributed by atoms with E-state index < -0.39 is 5.60 Å². The Morgan fingerprint density at radius 3 is 2.24 bits per heavy atom. The summed E-state index contributed by atoms with van der Waals surface area (Å²) in [4.78, 5) is 0. The molecule has 0 amide bonds. The summed E-state index contributed by atoms with van der Waals surface area (Å²) in [6, 6.07) is 18.0. The third-order valence-corrected chi connectivity index (χ3v) is 4.87. The molecule has 1 saturated carbocycles. The molecule has 0 bridgehead atoms. The maximum Gasteiger partial charge on any atom is 0.119 e. The first kappa shape index (κ1) is 14.2. The largest absolute Gasteiger partial charge is 0.493 e. The van der Waals surface area contributed by atoms with E-state index >= 15 is 0 Å². The van der Waals surface area contributed by atoms with E-state index in [1.807, 2.05) is 42.5 Å². The Labute approximate surface area is 126 Å². The fraction of sp³-hybridized carbons (Fsp3) is 0.368. The maximum atomic E-state index is 11.1. The first-order valence-electron chi connectivity index (χ1n) is 7.51. The van der Waals surface area contributed by atoms with Gasteiger partial charge >= 0.3 is 0 Å². The number of ether oxygens (including phenoxy) is 1. The quantitative estimate of drug-likeness (QED) is 0.916. The number of benzene rings is 2. The summed E-state index contributed by atoms with van der Waals surface area (Å²) in [5, 5.41) is 11.1. The zero-order valence-electron chi connectivity index (χ0n) is 12.7. The maximum absolute atomic E-state index is 11.1. The van der Waals surface area contributed by atoms with Crippen molar-refractivity contribution in [2.24, 2.45) is 5.41 Å². The van der Waals surface area contributed by atoms with Crippen LogP contribution in [-0.4, -0.2) is 11.7 Å². The second kappa shape index (κ2) is 5.19. The van der Waals surface area contributed by atoms with E-state index in [0.717, 1.165) is 24.2 Å². The molecule has 0 aromatic heterocycles.